The van der Waals surface area contributed by atoms with E-state index in [1.807, 2.05) is 18.2 Å². The van der Waals surface area contributed by atoms with E-state index in [-0.39, 0.29) is 5.91 Å². The lowest BCUT2D eigenvalue weighted by Crippen LogP contribution is -2.48. The summed E-state index contributed by atoms with van der Waals surface area (Å²) in [5.74, 6) is 4.07. The molecule has 0 spiro atoms. The molecule has 182 valence electrons. The van der Waals surface area contributed by atoms with E-state index in [0.717, 1.165) is 47.4 Å². The minimum atomic E-state index is -0.00665. The first kappa shape index (κ1) is 22.8. The number of nitrogens with zero attached hydrogens (tertiary/aromatic N) is 3. The van der Waals surface area contributed by atoms with Gasteiger partial charge in [0.05, 0.1) is 5.75 Å². The van der Waals surface area contributed by atoms with Gasteiger partial charge in [-0.25, -0.2) is 0 Å². The zero-order valence-electron chi connectivity index (χ0n) is 20.5. The summed E-state index contributed by atoms with van der Waals surface area (Å²) in [7, 11) is 0. The molecule has 1 N–H and O–H groups in total. The van der Waals surface area contributed by atoms with Crippen LogP contribution >= 0.6 is 11.8 Å². The number of carbonyl (C=O) groups is 1. The van der Waals surface area contributed by atoms with Crippen LogP contribution in [-0.2, 0) is 23.2 Å². The molecule has 2 aromatic carbocycles. The zero-order valence-corrected chi connectivity index (χ0v) is 21.3. The number of amides is 1. The lowest BCUT2D eigenvalue weighted by molar-refractivity contribution is -0.113. The average Bonchev–Trinajstić information content (AvgIpc) is 3.24. The molecule has 4 bridgehead atoms. The normalized spacial score (nSPS) is 26.7. The summed E-state index contributed by atoms with van der Waals surface area (Å²) in [6.07, 6.45) is 9.23. The molecule has 4 fully saturated rings. The lowest BCUT2D eigenvalue weighted by atomic mass is 9.48. The summed E-state index contributed by atoms with van der Waals surface area (Å²) < 4.78 is 2.10. The molecule has 0 aliphatic heterocycles. The van der Waals surface area contributed by atoms with Gasteiger partial charge >= 0.3 is 0 Å². The smallest absolute Gasteiger partial charge is 0.234 e. The molecule has 4 aliphatic rings. The van der Waals surface area contributed by atoms with Crippen molar-refractivity contribution in [1.82, 2.24) is 14.8 Å². The molecule has 0 atom stereocenters. The number of nitrogens with one attached hydrogen (secondary N) is 1. The fourth-order valence-corrected chi connectivity index (χ4v) is 8.17. The molecule has 1 amide bonds. The van der Waals surface area contributed by atoms with E-state index in [1.54, 1.807) is 0 Å². The molecular formula is C29H34N4OS. The van der Waals surface area contributed by atoms with Crippen LogP contribution in [0.5, 0.6) is 0 Å². The third-order valence-corrected chi connectivity index (χ3v) is 9.43. The highest BCUT2D eigenvalue weighted by molar-refractivity contribution is 7.99. The maximum Gasteiger partial charge on any atom is 0.234 e. The maximum atomic E-state index is 12.7. The van der Waals surface area contributed by atoms with Crippen LogP contribution in [0.25, 0.3) is 0 Å². The molecule has 6 heteroatoms. The number of benzene rings is 2. The first-order valence-electron chi connectivity index (χ1n) is 13.1. The van der Waals surface area contributed by atoms with Crippen molar-refractivity contribution in [2.24, 2.45) is 17.8 Å². The lowest BCUT2D eigenvalue weighted by Gasteiger charge is -2.57. The van der Waals surface area contributed by atoms with Crippen molar-refractivity contribution in [3.05, 3.63) is 71.5 Å². The number of hydrogen-bond donors (Lipinski definition) is 1. The summed E-state index contributed by atoms with van der Waals surface area (Å²) in [6.45, 7) is 2.87. The SMILES string of the molecule is CCn1c(Cc2ccccc2)nnc1SCC(=O)Nc1ccc(C23CC4CC(CC(C4)C2)C3)cc1. The topological polar surface area (TPSA) is 59.8 Å². The molecule has 3 aromatic rings. The van der Waals surface area contributed by atoms with E-state index in [0.29, 0.717) is 11.2 Å². The molecule has 4 saturated carbocycles. The third-order valence-electron chi connectivity index (χ3n) is 8.47. The Kier molecular flexibility index (Phi) is 6.17. The van der Waals surface area contributed by atoms with Crippen LogP contribution in [0, 0.1) is 17.8 Å². The number of rotatable bonds is 8. The van der Waals surface area contributed by atoms with Gasteiger partial charge in [0, 0.05) is 18.7 Å². The van der Waals surface area contributed by atoms with Crippen LogP contribution in [0.3, 0.4) is 0 Å². The van der Waals surface area contributed by atoms with Crippen molar-refractivity contribution in [2.75, 3.05) is 11.1 Å². The van der Waals surface area contributed by atoms with E-state index in [2.05, 4.69) is 63.4 Å². The Labute approximate surface area is 212 Å². The Morgan fingerprint density at radius 3 is 2.26 bits per heavy atom. The molecule has 0 unspecified atom stereocenters. The van der Waals surface area contributed by atoms with Crippen molar-refractivity contribution in [3.8, 4) is 0 Å². The van der Waals surface area contributed by atoms with Gasteiger partial charge in [0.15, 0.2) is 5.16 Å². The summed E-state index contributed by atoms with van der Waals surface area (Å²) >= 11 is 1.45. The van der Waals surface area contributed by atoms with Gasteiger partial charge in [-0.15, -0.1) is 10.2 Å². The van der Waals surface area contributed by atoms with Gasteiger partial charge in [-0.3, -0.25) is 4.79 Å². The summed E-state index contributed by atoms with van der Waals surface area (Å²) in [6, 6.07) is 19.1. The highest BCUT2D eigenvalue weighted by Gasteiger charge is 2.51. The first-order chi connectivity index (χ1) is 17.1. The number of thioether (sulfide) groups is 1. The standard InChI is InChI=1S/C29H34N4OS/c1-2-33-26(15-20-6-4-3-5-7-20)31-32-28(33)35-19-27(34)30-25-10-8-24(9-11-25)29-16-21-12-22(17-29)14-23(13-21)18-29/h3-11,21-23H,2,12-19H2,1H3,(H,30,34). The van der Waals surface area contributed by atoms with Gasteiger partial charge in [-0.2, -0.15) is 0 Å². The number of aromatic nitrogens is 3. The Bertz CT molecular complexity index is 1150. The van der Waals surface area contributed by atoms with E-state index < -0.39 is 0 Å². The van der Waals surface area contributed by atoms with E-state index >= 15 is 0 Å². The van der Waals surface area contributed by atoms with Crippen LogP contribution < -0.4 is 5.32 Å². The second-order valence-corrected chi connectivity index (χ2v) is 11.9. The zero-order chi connectivity index (χ0) is 23.8. The third kappa shape index (κ3) is 4.65. The fourth-order valence-electron chi connectivity index (χ4n) is 7.35. The monoisotopic (exact) mass is 486 g/mol. The summed E-state index contributed by atoms with van der Waals surface area (Å²) in [4.78, 5) is 12.7. The number of hydrogen-bond acceptors (Lipinski definition) is 4. The Hall–Kier alpha value is -2.60. The van der Waals surface area contributed by atoms with Gasteiger partial charge in [-0.05, 0) is 91.9 Å². The molecule has 7 rings (SSSR count). The van der Waals surface area contributed by atoms with Crippen LogP contribution in [-0.4, -0.2) is 26.4 Å². The Balaban J connectivity index is 1.06. The van der Waals surface area contributed by atoms with Gasteiger partial charge in [-0.1, -0.05) is 54.2 Å². The highest BCUT2D eigenvalue weighted by Crippen LogP contribution is 2.60. The first-order valence-corrected chi connectivity index (χ1v) is 14.1. The van der Waals surface area contributed by atoms with Crippen molar-refractivity contribution >= 4 is 23.4 Å². The quantitative estimate of drug-likeness (QED) is 0.392. The van der Waals surface area contributed by atoms with Crippen LogP contribution in [0.2, 0.25) is 0 Å². The van der Waals surface area contributed by atoms with Crippen molar-refractivity contribution in [1.29, 1.82) is 0 Å². The summed E-state index contributed by atoms with van der Waals surface area (Å²) in [5, 5.41) is 12.6. The molecule has 4 aliphatic carbocycles. The van der Waals surface area contributed by atoms with Gasteiger partial charge in [0.25, 0.3) is 0 Å². The van der Waals surface area contributed by atoms with Gasteiger partial charge in [0.1, 0.15) is 5.82 Å². The van der Waals surface area contributed by atoms with E-state index in [1.165, 1.54) is 61.4 Å². The molecular weight excluding hydrogens is 452 g/mol. The molecule has 0 saturated heterocycles. The van der Waals surface area contributed by atoms with Gasteiger partial charge < -0.3 is 9.88 Å². The predicted molar refractivity (Wildman–Crippen MR) is 141 cm³/mol. The van der Waals surface area contributed by atoms with Crippen LogP contribution in [0.4, 0.5) is 5.69 Å². The minimum Gasteiger partial charge on any atom is -0.325 e. The average molecular weight is 487 g/mol. The Morgan fingerprint density at radius 2 is 1.63 bits per heavy atom. The van der Waals surface area contributed by atoms with Crippen molar-refractivity contribution in [2.45, 2.75) is 69.0 Å². The largest absolute Gasteiger partial charge is 0.325 e. The molecule has 1 aromatic heterocycles. The van der Waals surface area contributed by atoms with Crippen LogP contribution in [0.15, 0.2) is 59.8 Å². The highest BCUT2D eigenvalue weighted by atomic mass is 32.2. The number of carbonyl (C=O) groups excluding carboxylic acids is 1. The van der Waals surface area contributed by atoms with Crippen molar-refractivity contribution < 1.29 is 4.79 Å². The molecule has 0 radical (unpaired) electrons. The predicted octanol–water partition coefficient (Wildman–Crippen LogP) is 6.09. The Morgan fingerprint density at radius 1 is 0.971 bits per heavy atom. The minimum absolute atomic E-state index is 0.00665. The second kappa shape index (κ2) is 9.45. The molecule has 5 nitrogen and oxygen atoms in total. The van der Waals surface area contributed by atoms with Crippen molar-refractivity contribution in [3.63, 3.8) is 0 Å². The fraction of sp³-hybridized carbons (Fsp3) is 0.483. The maximum absolute atomic E-state index is 12.7. The molecule has 35 heavy (non-hydrogen) atoms. The van der Waals surface area contributed by atoms with E-state index in [4.69, 9.17) is 0 Å². The summed E-state index contributed by atoms with van der Waals surface area (Å²) in [5.41, 5.74) is 3.98. The van der Waals surface area contributed by atoms with Gasteiger partial charge in [0.2, 0.25) is 5.91 Å². The van der Waals surface area contributed by atoms with Crippen LogP contribution in [0.1, 0.15) is 62.4 Å². The number of anilines is 1. The van der Waals surface area contributed by atoms with E-state index in [9.17, 15) is 4.79 Å². The second-order valence-electron chi connectivity index (χ2n) is 10.9. The molecule has 1 heterocycles.